The molecule has 1 unspecified atom stereocenters. The third-order valence-electron chi connectivity index (χ3n) is 2.96. The Morgan fingerprint density at radius 2 is 1.64 bits per heavy atom. The number of furan rings is 1. The Kier molecular flexibility index (Phi) is 22.2. The lowest BCUT2D eigenvalue weighted by Gasteiger charge is -1.97. The van der Waals surface area contributed by atoms with Crippen molar-refractivity contribution < 1.29 is 42.8 Å². The highest BCUT2D eigenvalue weighted by Crippen LogP contribution is 2.28. The van der Waals surface area contributed by atoms with E-state index < -0.39 is 0 Å². The van der Waals surface area contributed by atoms with Crippen LogP contribution >= 0.6 is 60.1 Å². The quantitative estimate of drug-likeness (QED) is 0.300. The average Bonchev–Trinajstić information content (AvgIpc) is 3.33. The van der Waals surface area contributed by atoms with Crippen LogP contribution in [0.2, 0.25) is 0 Å². The van der Waals surface area contributed by atoms with Crippen LogP contribution in [-0.4, -0.2) is 25.7 Å². The van der Waals surface area contributed by atoms with Gasteiger partial charge in [-0.2, -0.15) is 15.8 Å². The molecule has 0 aliphatic heterocycles. The van der Waals surface area contributed by atoms with E-state index in [-0.39, 0.29) is 51.4 Å². The lowest BCUT2D eigenvalue weighted by Crippen LogP contribution is -3.00. The summed E-state index contributed by atoms with van der Waals surface area (Å²) in [6.07, 6.45) is 2.99. The molecule has 0 saturated heterocycles. The van der Waals surface area contributed by atoms with Gasteiger partial charge in [0.25, 0.3) is 0 Å². The van der Waals surface area contributed by atoms with Gasteiger partial charge in [0.05, 0.1) is 10.7 Å². The van der Waals surface area contributed by atoms with Gasteiger partial charge in [-0.25, -0.2) is 9.97 Å². The van der Waals surface area contributed by atoms with Gasteiger partial charge in [-0.1, -0.05) is 0 Å². The summed E-state index contributed by atoms with van der Waals surface area (Å²) < 4.78 is 5.87. The first-order valence-electron chi connectivity index (χ1n) is 7.73. The van der Waals surface area contributed by atoms with Crippen molar-refractivity contribution in [1.82, 2.24) is 9.97 Å². The first-order chi connectivity index (χ1) is 14.8. The van der Waals surface area contributed by atoms with E-state index in [9.17, 15) is 0 Å². The van der Waals surface area contributed by atoms with Crippen molar-refractivity contribution in [2.45, 2.75) is 6.04 Å². The number of hydrogen-bond acceptors (Lipinski definition) is 8. The molecule has 10 nitrogen and oxygen atoms in total. The van der Waals surface area contributed by atoms with Crippen molar-refractivity contribution in [3.05, 3.63) is 69.0 Å². The van der Waals surface area contributed by atoms with E-state index in [0.717, 1.165) is 0 Å². The van der Waals surface area contributed by atoms with Gasteiger partial charge in [0.1, 0.15) is 22.8 Å². The first-order valence-corrected chi connectivity index (χ1v) is 13.0. The topological polar surface area (TPSA) is 210 Å². The largest absolute Gasteiger partial charge is 1.00 e. The molecule has 0 bridgehead atoms. The van der Waals surface area contributed by atoms with E-state index in [0.29, 0.717) is 14.8 Å². The normalized spacial score (nSPS) is 8.91. The summed E-state index contributed by atoms with van der Waals surface area (Å²) in [4.78, 5) is 7.31. The summed E-state index contributed by atoms with van der Waals surface area (Å²) in [5, 5.41) is 43.0. The standard InChI is InChI=1S/C6H2Br2N2O.C6H6N2O.C6H4N2O.Br2.BrH.H2O/c7-3-1-5(8)10-4(2-9)6(3)11;7-4-5(8)6-2-1-3-9-6;7-4-5-6(9)2-1-3-8-5;1-2;;/h1,11H;1-3,5H,8H2;1-3,9H;;1H;1H2. The molecule has 3 heterocycles. The summed E-state index contributed by atoms with van der Waals surface area (Å²) in [5.74, 6) is 0.424. The molecule has 0 aliphatic carbocycles. The predicted octanol–water partition coefficient (Wildman–Crippen LogP) is 0.799. The SMILES string of the molecule is BrBr.N#CC([NH3+])c1ccco1.N#Cc1nc(Br)cc(Br)c1O.N#Cc1ncccc1O.O.[Br-]. The number of nitriles is 3. The molecule has 0 aliphatic rings. The Hall–Kier alpha value is -2.03. The second kappa shape index (κ2) is 20.6. The minimum Gasteiger partial charge on any atom is -1.00 e. The van der Waals surface area contributed by atoms with Crippen LogP contribution in [0.15, 0.2) is 56.3 Å². The van der Waals surface area contributed by atoms with Gasteiger partial charge in [0.15, 0.2) is 28.6 Å². The number of rotatable bonds is 1. The molecule has 15 heteroatoms. The maximum Gasteiger partial charge on any atom is 0.229 e. The maximum atomic E-state index is 9.17. The lowest BCUT2D eigenvalue weighted by molar-refractivity contribution is -0.409. The first kappa shape index (κ1) is 35.6. The van der Waals surface area contributed by atoms with Crippen LogP contribution in [0.3, 0.4) is 0 Å². The van der Waals surface area contributed by atoms with E-state index >= 15 is 0 Å². The third kappa shape index (κ3) is 13.3. The van der Waals surface area contributed by atoms with E-state index in [4.69, 9.17) is 30.4 Å². The molecule has 0 amide bonds. The minimum atomic E-state index is -0.375. The molecule has 0 fully saturated rings. The highest BCUT2D eigenvalue weighted by Gasteiger charge is 2.09. The summed E-state index contributed by atoms with van der Waals surface area (Å²) in [5.41, 5.74) is 3.62. The molecule has 3 rings (SSSR count). The molecule has 0 radical (unpaired) electrons. The van der Waals surface area contributed by atoms with Crippen molar-refractivity contribution in [2.75, 3.05) is 0 Å². The zero-order chi connectivity index (χ0) is 23.8. The van der Waals surface area contributed by atoms with Crippen molar-refractivity contribution >= 4 is 60.1 Å². The van der Waals surface area contributed by atoms with Gasteiger partial charge in [0.2, 0.25) is 6.04 Å². The van der Waals surface area contributed by atoms with Crippen LogP contribution in [0.25, 0.3) is 0 Å². The highest BCUT2D eigenvalue weighted by molar-refractivity contribution is 9.93. The highest BCUT2D eigenvalue weighted by atomic mass is 80.9. The number of hydrogen-bond donors (Lipinski definition) is 3. The summed E-state index contributed by atoms with van der Waals surface area (Å²) in [6, 6.07) is 13.1. The van der Waals surface area contributed by atoms with Crippen LogP contribution in [0, 0.1) is 34.0 Å². The summed E-state index contributed by atoms with van der Waals surface area (Å²) >= 11 is 11.7. The summed E-state index contributed by atoms with van der Waals surface area (Å²) in [6.45, 7) is 0. The summed E-state index contributed by atoms with van der Waals surface area (Å²) in [7, 11) is 0. The fourth-order valence-electron chi connectivity index (χ4n) is 1.59. The van der Waals surface area contributed by atoms with Crippen molar-refractivity contribution in [2.24, 2.45) is 0 Å². The van der Waals surface area contributed by atoms with Crippen molar-refractivity contribution in [1.29, 1.82) is 15.8 Å². The lowest BCUT2D eigenvalue weighted by atomic mass is 10.3. The molecule has 0 spiro atoms. The number of pyridine rings is 2. The molecule has 7 N–H and O–H groups in total. The van der Waals surface area contributed by atoms with Crippen molar-refractivity contribution in [3.8, 4) is 29.7 Å². The Balaban J connectivity index is -0.000000385. The Bertz CT molecular complexity index is 1080. The number of halogens is 5. The van der Waals surface area contributed by atoms with Crippen LogP contribution in [0.1, 0.15) is 23.2 Å². The molecule has 1 atom stereocenters. The molecular formula is C18H15Br5N6O4. The maximum absolute atomic E-state index is 9.17. The smallest absolute Gasteiger partial charge is 0.229 e. The number of quaternary nitrogens is 1. The van der Waals surface area contributed by atoms with E-state index in [1.165, 1.54) is 18.5 Å². The molecule has 3 aromatic heterocycles. The van der Waals surface area contributed by atoms with E-state index in [1.54, 1.807) is 36.4 Å². The number of aromatic nitrogens is 2. The zero-order valence-electron chi connectivity index (χ0n) is 16.3. The van der Waals surface area contributed by atoms with Gasteiger partial charge in [-0.05, 0) is 62.2 Å². The van der Waals surface area contributed by atoms with Gasteiger partial charge in [0, 0.05) is 34.5 Å². The fourth-order valence-corrected chi connectivity index (χ4v) is 2.71. The Morgan fingerprint density at radius 1 is 1.03 bits per heavy atom. The number of aromatic hydroxyl groups is 2. The number of nitrogens with zero attached hydrogens (tertiary/aromatic N) is 5. The minimum absolute atomic E-state index is 0. The van der Waals surface area contributed by atoms with Gasteiger partial charge in [-0.15, -0.1) is 0 Å². The molecule has 3 aromatic rings. The molecule has 0 aromatic carbocycles. The Labute approximate surface area is 231 Å². The van der Waals surface area contributed by atoms with E-state index in [2.05, 4.69) is 75.8 Å². The monoisotopic (exact) mass is 774 g/mol. The molecule has 33 heavy (non-hydrogen) atoms. The Morgan fingerprint density at radius 3 is 2.06 bits per heavy atom. The molecular weight excluding hydrogens is 764 g/mol. The second-order valence-corrected chi connectivity index (χ2v) is 6.58. The average molecular weight is 779 g/mol. The van der Waals surface area contributed by atoms with Gasteiger partial charge >= 0.3 is 0 Å². The molecule has 0 saturated carbocycles. The molecule has 176 valence electrons. The van der Waals surface area contributed by atoms with Gasteiger partial charge < -0.3 is 42.8 Å². The predicted molar refractivity (Wildman–Crippen MR) is 128 cm³/mol. The van der Waals surface area contributed by atoms with Crippen LogP contribution in [-0.2, 0) is 0 Å². The van der Waals surface area contributed by atoms with Crippen LogP contribution in [0.4, 0.5) is 0 Å². The van der Waals surface area contributed by atoms with E-state index in [1.807, 2.05) is 6.07 Å². The van der Waals surface area contributed by atoms with Gasteiger partial charge in [-0.3, -0.25) is 0 Å². The zero-order valence-corrected chi connectivity index (χ0v) is 24.2. The van der Waals surface area contributed by atoms with Crippen molar-refractivity contribution in [3.63, 3.8) is 0 Å². The third-order valence-corrected chi connectivity index (χ3v) is 3.97. The van der Waals surface area contributed by atoms with Crippen LogP contribution in [0.5, 0.6) is 11.5 Å². The fraction of sp³-hybridized carbons (Fsp3) is 0.0556. The van der Waals surface area contributed by atoms with Crippen LogP contribution < -0.4 is 22.7 Å². The second-order valence-electron chi connectivity index (χ2n) is 4.92.